The first-order valence-electron chi connectivity index (χ1n) is 7.05. The highest BCUT2D eigenvalue weighted by Gasteiger charge is 2.28. The van der Waals surface area contributed by atoms with Crippen molar-refractivity contribution in [3.05, 3.63) is 28.7 Å². The average molecular weight is 340 g/mol. The Balaban J connectivity index is 1.68. The minimum absolute atomic E-state index is 0.0156. The fourth-order valence-electron chi connectivity index (χ4n) is 2.14. The van der Waals surface area contributed by atoms with Gasteiger partial charge in [0.1, 0.15) is 0 Å². The fraction of sp³-hybridized carbons (Fsp3) is 0.533. The summed E-state index contributed by atoms with van der Waals surface area (Å²) in [4.78, 5) is 14.2. The van der Waals surface area contributed by atoms with Crippen LogP contribution in [0.4, 0.5) is 5.69 Å². The molecular formula is C15H22BrN3O. The van der Waals surface area contributed by atoms with Crippen molar-refractivity contribution in [1.29, 1.82) is 0 Å². The standard InChI is InChI=1S/C15H22BrN3O/c1-11(19(2)12-7-8-12)9-17-10-15(20)18-14-6-4-3-5-13(14)16/h3-6,11-12,17H,7-10H2,1-2H3,(H,18,20). The molecule has 0 aromatic heterocycles. The number of para-hydroxylation sites is 1. The molecule has 1 atom stereocenters. The first-order valence-corrected chi connectivity index (χ1v) is 7.84. The van der Waals surface area contributed by atoms with Crippen LogP contribution in [-0.2, 0) is 4.79 Å². The third kappa shape index (κ3) is 4.58. The molecule has 1 aliphatic carbocycles. The predicted octanol–water partition coefficient (Wildman–Crippen LogP) is 2.46. The maximum absolute atomic E-state index is 11.9. The van der Waals surface area contributed by atoms with Gasteiger partial charge in [-0.15, -0.1) is 0 Å². The lowest BCUT2D eigenvalue weighted by Gasteiger charge is -2.24. The van der Waals surface area contributed by atoms with Gasteiger partial charge < -0.3 is 10.6 Å². The van der Waals surface area contributed by atoms with Crippen LogP contribution in [0.5, 0.6) is 0 Å². The minimum atomic E-state index is -0.0156. The zero-order valence-corrected chi connectivity index (χ0v) is 13.6. The fourth-order valence-corrected chi connectivity index (χ4v) is 2.52. The van der Waals surface area contributed by atoms with Crippen LogP contribution in [0.15, 0.2) is 28.7 Å². The topological polar surface area (TPSA) is 44.4 Å². The second-order valence-electron chi connectivity index (χ2n) is 5.40. The maximum Gasteiger partial charge on any atom is 0.238 e. The summed E-state index contributed by atoms with van der Waals surface area (Å²) in [7, 11) is 2.16. The quantitative estimate of drug-likeness (QED) is 0.801. The van der Waals surface area contributed by atoms with E-state index in [0.29, 0.717) is 12.6 Å². The highest BCUT2D eigenvalue weighted by molar-refractivity contribution is 9.10. The third-order valence-electron chi connectivity index (χ3n) is 3.69. The largest absolute Gasteiger partial charge is 0.324 e. The van der Waals surface area contributed by atoms with Crippen molar-refractivity contribution in [2.24, 2.45) is 0 Å². The van der Waals surface area contributed by atoms with Crippen LogP contribution in [0.2, 0.25) is 0 Å². The number of nitrogens with zero attached hydrogens (tertiary/aromatic N) is 1. The van der Waals surface area contributed by atoms with Gasteiger partial charge in [0, 0.05) is 23.1 Å². The van der Waals surface area contributed by atoms with Crippen molar-refractivity contribution in [3.8, 4) is 0 Å². The van der Waals surface area contributed by atoms with Crippen molar-refractivity contribution in [2.75, 3.05) is 25.5 Å². The summed E-state index contributed by atoms with van der Waals surface area (Å²) in [6.45, 7) is 3.36. The Hall–Kier alpha value is -0.910. The monoisotopic (exact) mass is 339 g/mol. The lowest BCUT2D eigenvalue weighted by Crippen LogP contribution is -2.41. The Kier molecular flexibility index (Phi) is 5.57. The summed E-state index contributed by atoms with van der Waals surface area (Å²) in [5, 5.41) is 6.11. The number of likely N-dealkylation sites (N-methyl/N-ethyl adjacent to an activating group) is 1. The number of nitrogens with one attached hydrogen (secondary N) is 2. The molecule has 2 N–H and O–H groups in total. The van der Waals surface area contributed by atoms with E-state index in [1.165, 1.54) is 12.8 Å². The van der Waals surface area contributed by atoms with Gasteiger partial charge in [0.25, 0.3) is 0 Å². The second-order valence-corrected chi connectivity index (χ2v) is 6.26. The molecule has 1 aromatic rings. The molecule has 1 aromatic carbocycles. The van der Waals surface area contributed by atoms with E-state index < -0.39 is 0 Å². The number of amides is 1. The average Bonchev–Trinajstić information content (AvgIpc) is 3.25. The summed E-state index contributed by atoms with van der Waals surface area (Å²) in [5.41, 5.74) is 0.808. The van der Waals surface area contributed by atoms with Gasteiger partial charge in [-0.25, -0.2) is 0 Å². The number of benzene rings is 1. The first-order chi connectivity index (χ1) is 9.58. The molecule has 0 heterocycles. The summed E-state index contributed by atoms with van der Waals surface area (Å²) < 4.78 is 0.898. The summed E-state index contributed by atoms with van der Waals surface area (Å²) in [6.07, 6.45) is 2.62. The molecule has 110 valence electrons. The number of rotatable bonds is 7. The van der Waals surface area contributed by atoms with E-state index in [0.717, 1.165) is 22.7 Å². The summed E-state index contributed by atoms with van der Waals surface area (Å²) >= 11 is 3.42. The molecule has 1 amide bonds. The van der Waals surface area contributed by atoms with Crippen LogP contribution in [-0.4, -0.2) is 43.0 Å². The number of anilines is 1. The van der Waals surface area contributed by atoms with E-state index in [9.17, 15) is 4.79 Å². The highest BCUT2D eigenvalue weighted by Crippen LogP contribution is 2.26. The van der Waals surface area contributed by atoms with Crippen LogP contribution >= 0.6 is 15.9 Å². The van der Waals surface area contributed by atoms with Gasteiger partial charge in [0.15, 0.2) is 0 Å². The molecule has 2 rings (SSSR count). The molecule has 0 bridgehead atoms. The Morgan fingerprint density at radius 2 is 2.15 bits per heavy atom. The Labute approximate surface area is 129 Å². The van der Waals surface area contributed by atoms with Gasteiger partial charge >= 0.3 is 0 Å². The van der Waals surface area contributed by atoms with Crippen LogP contribution in [0.3, 0.4) is 0 Å². The predicted molar refractivity (Wildman–Crippen MR) is 85.9 cm³/mol. The molecule has 0 aliphatic heterocycles. The molecule has 1 aliphatic rings. The van der Waals surface area contributed by atoms with E-state index >= 15 is 0 Å². The number of hydrogen-bond donors (Lipinski definition) is 2. The van der Waals surface area contributed by atoms with Crippen molar-refractivity contribution in [3.63, 3.8) is 0 Å². The highest BCUT2D eigenvalue weighted by atomic mass is 79.9. The van der Waals surface area contributed by atoms with E-state index in [1.54, 1.807) is 0 Å². The van der Waals surface area contributed by atoms with Crippen molar-refractivity contribution in [1.82, 2.24) is 10.2 Å². The second kappa shape index (κ2) is 7.20. The van der Waals surface area contributed by atoms with Crippen LogP contribution in [0.1, 0.15) is 19.8 Å². The summed E-state index contributed by atoms with van der Waals surface area (Å²) in [5.74, 6) is -0.0156. The lowest BCUT2D eigenvalue weighted by atomic mass is 10.3. The molecule has 1 saturated carbocycles. The van der Waals surface area contributed by atoms with Gasteiger partial charge in [0.05, 0.1) is 12.2 Å². The molecule has 0 spiro atoms. The molecule has 1 unspecified atom stereocenters. The molecule has 0 saturated heterocycles. The number of carbonyl (C=O) groups excluding carboxylic acids is 1. The summed E-state index contributed by atoms with van der Waals surface area (Å²) in [6, 6.07) is 8.83. The molecule has 1 fully saturated rings. The van der Waals surface area contributed by atoms with Crippen LogP contribution < -0.4 is 10.6 Å². The Morgan fingerprint density at radius 1 is 1.45 bits per heavy atom. The van der Waals surface area contributed by atoms with Crippen LogP contribution in [0, 0.1) is 0 Å². The van der Waals surface area contributed by atoms with E-state index in [4.69, 9.17) is 0 Å². The first kappa shape index (κ1) is 15.5. The Morgan fingerprint density at radius 3 is 2.80 bits per heavy atom. The number of halogens is 1. The third-order valence-corrected chi connectivity index (χ3v) is 4.38. The molecular weight excluding hydrogens is 318 g/mol. The van der Waals surface area contributed by atoms with Crippen molar-refractivity contribution >= 4 is 27.5 Å². The zero-order valence-electron chi connectivity index (χ0n) is 12.0. The SMILES string of the molecule is CC(CNCC(=O)Nc1ccccc1Br)N(C)C1CC1. The minimum Gasteiger partial charge on any atom is -0.324 e. The molecule has 20 heavy (non-hydrogen) atoms. The van der Waals surface area contributed by atoms with Gasteiger partial charge in [-0.3, -0.25) is 9.69 Å². The van der Waals surface area contributed by atoms with Crippen molar-refractivity contribution in [2.45, 2.75) is 31.8 Å². The molecule has 0 radical (unpaired) electrons. The zero-order chi connectivity index (χ0) is 14.5. The number of carbonyl (C=O) groups is 1. The van der Waals surface area contributed by atoms with E-state index in [1.807, 2.05) is 24.3 Å². The lowest BCUT2D eigenvalue weighted by molar-refractivity contribution is -0.115. The van der Waals surface area contributed by atoms with Crippen molar-refractivity contribution < 1.29 is 4.79 Å². The normalized spacial score (nSPS) is 16.2. The molecule has 4 nitrogen and oxygen atoms in total. The van der Waals surface area contributed by atoms with Gasteiger partial charge in [-0.05, 0) is 54.9 Å². The smallest absolute Gasteiger partial charge is 0.238 e. The maximum atomic E-state index is 11.9. The van der Waals surface area contributed by atoms with E-state index in [2.05, 4.69) is 45.4 Å². The van der Waals surface area contributed by atoms with Gasteiger partial charge in [-0.1, -0.05) is 12.1 Å². The van der Waals surface area contributed by atoms with E-state index in [-0.39, 0.29) is 5.91 Å². The van der Waals surface area contributed by atoms with Gasteiger partial charge in [-0.2, -0.15) is 0 Å². The molecule has 5 heteroatoms. The van der Waals surface area contributed by atoms with Gasteiger partial charge in [0.2, 0.25) is 5.91 Å². The Bertz CT molecular complexity index is 462. The number of hydrogen-bond acceptors (Lipinski definition) is 3. The van der Waals surface area contributed by atoms with Crippen LogP contribution in [0.25, 0.3) is 0 Å².